The van der Waals surface area contributed by atoms with E-state index in [1.54, 1.807) is 13.8 Å². The summed E-state index contributed by atoms with van der Waals surface area (Å²) in [5.41, 5.74) is 2.31. The molecule has 1 N–H and O–H groups in total. The van der Waals surface area contributed by atoms with Crippen molar-refractivity contribution in [3.8, 4) is 0 Å². The minimum absolute atomic E-state index is 0.238. The number of aliphatic hydroxyl groups is 1. The number of hydrogen-bond acceptors (Lipinski definition) is 2. The first-order chi connectivity index (χ1) is 9.93. The Morgan fingerprint density at radius 1 is 1.29 bits per heavy atom. The molecule has 0 amide bonds. The number of aryl methyl sites for hydroxylation is 1. The largest absolute Gasteiger partial charge is 0.389 e. The molecule has 118 valence electrons. The standard InChI is InChI=1S/C18H28FNO/c1-5-14-6-8-15(9-7-14)20(4)18-10-12(2)17(19)11-16(18)13(3)21/h10-11,13-15,21H,5-9H2,1-4H3/t13-,14?,15?/m1/s1. The lowest BCUT2D eigenvalue weighted by atomic mass is 9.83. The first-order valence-electron chi connectivity index (χ1n) is 8.15. The average Bonchev–Trinajstić information content (AvgIpc) is 2.48. The van der Waals surface area contributed by atoms with Gasteiger partial charge in [0, 0.05) is 24.3 Å². The van der Waals surface area contributed by atoms with Gasteiger partial charge in [0.25, 0.3) is 0 Å². The second-order valence-electron chi connectivity index (χ2n) is 6.53. The molecule has 1 aromatic carbocycles. The van der Waals surface area contributed by atoms with Crippen molar-refractivity contribution >= 4 is 5.69 Å². The Balaban J connectivity index is 2.22. The molecule has 0 aromatic heterocycles. The molecule has 1 aliphatic rings. The third kappa shape index (κ3) is 3.57. The van der Waals surface area contributed by atoms with Crippen LogP contribution in [0.3, 0.4) is 0 Å². The molecule has 2 nitrogen and oxygen atoms in total. The SMILES string of the molecule is CCC1CCC(N(C)c2cc(C)c(F)cc2[C@@H](C)O)CC1. The molecule has 0 unspecified atom stereocenters. The van der Waals surface area contributed by atoms with E-state index in [2.05, 4.69) is 18.9 Å². The molecule has 1 fully saturated rings. The molecule has 0 bridgehead atoms. The molecule has 2 rings (SSSR count). The molecular weight excluding hydrogens is 265 g/mol. The fourth-order valence-corrected chi connectivity index (χ4v) is 3.46. The Labute approximate surface area is 128 Å². The van der Waals surface area contributed by atoms with Crippen LogP contribution in [0.4, 0.5) is 10.1 Å². The van der Waals surface area contributed by atoms with Crippen LogP contribution in [0.25, 0.3) is 0 Å². The Kier molecular flexibility index (Phi) is 5.26. The topological polar surface area (TPSA) is 23.5 Å². The van der Waals surface area contributed by atoms with E-state index in [1.807, 2.05) is 6.07 Å². The monoisotopic (exact) mass is 293 g/mol. The van der Waals surface area contributed by atoms with Gasteiger partial charge in [-0.15, -0.1) is 0 Å². The van der Waals surface area contributed by atoms with Gasteiger partial charge in [0.2, 0.25) is 0 Å². The number of benzene rings is 1. The zero-order chi connectivity index (χ0) is 15.6. The minimum Gasteiger partial charge on any atom is -0.389 e. The summed E-state index contributed by atoms with van der Waals surface area (Å²) < 4.78 is 13.8. The van der Waals surface area contributed by atoms with Gasteiger partial charge in [-0.2, -0.15) is 0 Å². The van der Waals surface area contributed by atoms with Crippen LogP contribution < -0.4 is 4.90 Å². The average molecular weight is 293 g/mol. The van der Waals surface area contributed by atoms with Gasteiger partial charge in [-0.3, -0.25) is 0 Å². The summed E-state index contributed by atoms with van der Waals surface area (Å²) in [6.07, 6.45) is 5.54. The molecule has 1 atom stereocenters. The fourth-order valence-electron chi connectivity index (χ4n) is 3.46. The third-order valence-electron chi connectivity index (χ3n) is 5.08. The Morgan fingerprint density at radius 2 is 1.90 bits per heavy atom. The van der Waals surface area contributed by atoms with Crippen LogP contribution in [-0.4, -0.2) is 18.2 Å². The summed E-state index contributed by atoms with van der Waals surface area (Å²) >= 11 is 0. The van der Waals surface area contributed by atoms with Crippen molar-refractivity contribution in [3.05, 3.63) is 29.1 Å². The van der Waals surface area contributed by atoms with E-state index in [4.69, 9.17) is 0 Å². The van der Waals surface area contributed by atoms with E-state index in [1.165, 1.54) is 38.2 Å². The van der Waals surface area contributed by atoms with Crippen LogP contribution >= 0.6 is 0 Å². The minimum atomic E-state index is -0.649. The highest BCUT2D eigenvalue weighted by Gasteiger charge is 2.25. The maximum absolute atomic E-state index is 13.8. The quantitative estimate of drug-likeness (QED) is 0.877. The summed E-state index contributed by atoms with van der Waals surface area (Å²) in [5, 5.41) is 9.95. The molecule has 0 radical (unpaired) electrons. The fraction of sp³-hybridized carbons (Fsp3) is 0.667. The van der Waals surface area contributed by atoms with Crippen molar-refractivity contribution < 1.29 is 9.50 Å². The zero-order valence-electron chi connectivity index (χ0n) is 13.7. The van der Waals surface area contributed by atoms with Crippen LogP contribution in [0, 0.1) is 18.7 Å². The molecular formula is C18H28FNO. The zero-order valence-corrected chi connectivity index (χ0v) is 13.7. The molecule has 0 saturated heterocycles. The number of anilines is 1. The lowest BCUT2D eigenvalue weighted by Crippen LogP contribution is -2.36. The van der Waals surface area contributed by atoms with E-state index < -0.39 is 6.10 Å². The number of rotatable bonds is 4. The van der Waals surface area contributed by atoms with Gasteiger partial charge in [0.1, 0.15) is 5.82 Å². The van der Waals surface area contributed by atoms with E-state index in [-0.39, 0.29) is 5.82 Å². The van der Waals surface area contributed by atoms with Crippen molar-refractivity contribution in [2.45, 2.75) is 65.0 Å². The summed E-state index contributed by atoms with van der Waals surface area (Å²) in [5.74, 6) is 0.624. The van der Waals surface area contributed by atoms with Crippen molar-refractivity contribution in [2.75, 3.05) is 11.9 Å². The third-order valence-corrected chi connectivity index (χ3v) is 5.08. The van der Waals surface area contributed by atoms with Crippen molar-refractivity contribution in [1.82, 2.24) is 0 Å². The van der Waals surface area contributed by atoms with Gasteiger partial charge in [0.05, 0.1) is 6.10 Å². The van der Waals surface area contributed by atoms with Crippen LogP contribution in [-0.2, 0) is 0 Å². The highest BCUT2D eigenvalue weighted by molar-refractivity contribution is 5.57. The van der Waals surface area contributed by atoms with Crippen LogP contribution in [0.5, 0.6) is 0 Å². The Morgan fingerprint density at radius 3 is 2.43 bits per heavy atom. The molecule has 21 heavy (non-hydrogen) atoms. The van der Waals surface area contributed by atoms with Gasteiger partial charge < -0.3 is 10.0 Å². The van der Waals surface area contributed by atoms with Gasteiger partial charge >= 0.3 is 0 Å². The van der Waals surface area contributed by atoms with Crippen LogP contribution in [0.1, 0.15) is 63.2 Å². The van der Waals surface area contributed by atoms with Crippen LogP contribution in [0.2, 0.25) is 0 Å². The summed E-state index contributed by atoms with van der Waals surface area (Å²) in [4.78, 5) is 2.25. The first-order valence-corrected chi connectivity index (χ1v) is 8.15. The molecule has 1 aliphatic carbocycles. The van der Waals surface area contributed by atoms with Gasteiger partial charge in [0.15, 0.2) is 0 Å². The normalized spacial score (nSPS) is 23.9. The number of aliphatic hydroxyl groups excluding tert-OH is 1. The Bertz CT molecular complexity index is 478. The predicted molar refractivity (Wildman–Crippen MR) is 86.2 cm³/mol. The number of nitrogens with zero attached hydrogens (tertiary/aromatic N) is 1. The number of hydrogen-bond donors (Lipinski definition) is 1. The highest BCUT2D eigenvalue weighted by atomic mass is 19.1. The predicted octanol–water partition coefficient (Wildman–Crippen LogP) is 4.59. The molecule has 0 heterocycles. The van der Waals surface area contributed by atoms with Gasteiger partial charge in [-0.1, -0.05) is 13.3 Å². The summed E-state index contributed by atoms with van der Waals surface area (Å²) in [6.45, 7) is 5.76. The maximum Gasteiger partial charge on any atom is 0.126 e. The van der Waals surface area contributed by atoms with Crippen LogP contribution in [0.15, 0.2) is 12.1 Å². The van der Waals surface area contributed by atoms with Crippen molar-refractivity contribution in [1.29, 1.82) is 0 Å². The summed E-state index contributed by atoms with van der Waals surface area (Å²) in [7, 11) is 2.08. The van der Waals surface area contributed by atoms with Gasteiger partial charge in [-0.25, -0.2) is 4.39 Å². The van der Waals surface area contributed by atoms with E-state index in [9.17, 15) is 9.50 Å². The maximum atomic E-state index is 13.8. The van der Waals surface area contributed by atoms with E-state index in [0.717, 1.165) is 11.6 Å². The second-order valence-corrected chi connectivity index (χ2v) is 6.53. The second kappa shape index (κ2) is 6.78. The van der Waals surface area contributed by atoms with E-state index >= 15 is 0 Å². The molecule has 0 aliphatic heterocycles. The molecule has 0 spiro atoms. The first kappa shape index (κ1) is 16.3. The van der Waals surface area contributed by atoms with Crippen molar-refractivity contribution in [3.63, 3.8) is 0 Å². The lowest BCUT2D eigenvalue weighted by Gasteiger charge is -2.37. The summed E-state index contributed by atoms with van der Waals surface area (Å²) in [6, 6.07) is 3.86. The van der Waals surface area contributed by atoms with Gasteiger partial charge in [-0.05, 0) is 63.1 Å². The highest BCUT2D eigenvalue weighted by Crippen LogP contribution is 2.35. The smallest absolute Gasteiger partial charge is 0.126 e. The molecule has 1 aromatic rings. The van der Waals surface area contributed by atoms with Crippen molar-refractivity contribution in [2.24, 2.45) is 5.92 Å². The number of halogens is 1. The Hall–Kier alpha value is -1.09. The van der Waals surface area contributed by atoms with E-state index in [0.29, 0.717) is 17.2 Å². The lowest BCUT2D eigenvalue weighted by molar-refractivity contribution is 0.198. The molecule has 3 heteroatoms. The molecule has 1 saturated carbocycles.